The Balaban J connectivity index is 1.83. The van der Waals surface area contributed by atoms with Crippen LogP contribution >= 0.6 is 0 Å². The molecule has 27 heavy (non-hydrogen) atoms. The molecule has 0 aliphatic heterocycles. The number of carbonyl (C=O) groups excluding carboxylic acids is 1. The molecular formula is C20H20F2N4O. The van der Waals surface area contributed by atoms with Crippen LogP contribution in [0.1, 0.15) is 29.9 Å². The lowest BCUT2D eigenvalue weighted by atomic mass is 10.1. The van der Waals surface area contributed by atoms with Gasteiger partial charge in [-0.15, -0.1) is 0 Å². The van der Waals surface area contributed by atoms with Crippen molar-refractivity contribution in [3.63, 3.8) is 0 Å². The van der Waals surface area contributed by atoms with Crippen LogP contribution < -0.4 is 10.9 Å². The monoisotopic (exact) mass is 370 g/mol. The van der Waals surface area contributed by atoms with E-state index < -0.39 is 0 Å². The normalized spacial score (nSPS) is 10.9. The number of benzene rings is 2. The number of anilines is 1. The summed E-state index contributed by atoms with van der Waals surface area (Å²) in [5.41, 5.74) is 7.42. The topological polar surface area (TPSA) is 59.0 Å². The zero-order valence-corrected chi connectivity index (χ0v) is 15.0. The number of halogens is 2. The summed E-state index contributed by atoms with van der Waals surface area (Å²) < 4.78 is 28.0. The predicted octanol–water partition coefficient (Wildman–Crippen LogP) is 4.11. The molecule has 3 rings (SSSR count). The Kier molecular flexibility index (Phi) is 5.49. The lowest BCUT2D eigenvalue weighted by Crippen LogP contribution is -2.30. The first-order valence-electron chi connectivity index (χ1n) is 8.59. The average molecular weight is 370 g/mol. The Hall–Kier alpha value is -3.22. The lowest BCUT2D eigenvalue weighted by molar-refractivity contribution is 0.0961. The van der Waals surface area contributed by atoms with Gasteiger partial charge in [0.1, 0.15) is 11.6 Å². The van der Waals surface area contributed by atoms with Gasteiger partial charge in [0.25, 0.3) is 5.91 Å². The van der Waals surface area contributed by atoms with Crippen molar-refractivity contribution in [2.24, 2.45) is 5.92 Å². The standard InChI is InChI=1S/C20H20F2N4O/c1-13(2)10-19-18(12-26(25-19)17-5-3-4-15(22)11-17)20(27)24-23-16-8-6-14(21)7-9-16/h3-9,11-13,23H,10H2,1-2H3,(H,24,27). The molecule has 3 aromatic rings. The highest BCUT2D eigenvalue weighted by Crippen LogP contribution is 2.17. The van der Waals surface area contributed by atoms with Crippen LogP contribution in [0.2, 0.25) is 0 Å². The number of nitrogens with zero attached hydrogens (tertiary/aromatic N) is 2. The minimum absolute atomic E-state index is 0.289. The summed E-state index contributed by atoms with van der Waals surface area (Å²) >= 11 is 0. The van der Waals surface area contributed by atoms with Gasteiger partial charge < -0.3 is 0 Å². The molecule has 0 unspecified atom stereocenters. The van der Waals surface area contributed by atoms with E-state index in [1.807, 2.05) is 13.8 Å². The van der Waals surface area contributed by atoms with Crippen LogP contribution in [0.3, 0.4) is 0 Å². The maximum absolute atomic E-state index is 13.5. The molecule has 2 N–H and O–H groups in total. The predicted molar refractivity (Wildman–Crippen MR) is 99.6 cm³/mol. The van der Waals surface area contributed by atoms with Gasteiger partial charge in [0.2, 0.25) is 0 Å². The Morgan fingerprint density at radius 3 is 2.52 bits per heavy atom. The summed E-state index contributed by atoms with van der Waals surface area (Å²) in [5.74, 6) is -0.824. The molecule has 0 bridgehead atoms. The van der Waals surface area contributed by atoms with Gasteiger partial charge in [0.05, 0.1) is 22.6 Å². The van der Waals surface area contributed by atoms with Crippen molar-refractivity contribution in [3.05, 3.63) is 77.6 Å². The summed E-state index contributed by atoms with van der Waals surface area (Å²) in [6, 6.07) is 11.6. The fourth-order valence-corrected chi connectivity index (χ4v) is 2.62. The molecule has 0 spiro atoms. The molecule has 5 nitrogen and oxygen atoms in total. The van der Waals surface area contributed by atoms with E-state index in [1.54, 1.807) is 18.3 Å². The second-order valence-corrected chi connectivity index (χ2v) is 6.60. The summed E-state index contributed by atoms with van der Waals surface area (Å²) in [7, 11) is 0. The van der Waals surface area contributed by atoms with Crippen molar-refractivity contribution < 1.29 is 13.6 Å². The van der Waals surface area contributed by atoms with Crippen LogP contribution in [-0.4, -0.2) is 15.7 Å². The number of rotatable bonds is 6. The van der Waals surface area contributed by atoms with E-state index in [-0.39, 0.29) is 23.5 Å². The molecule has 0 aliphatic carbocycles. The molecule has 0 fully saturated rings. The highest BCUT2D eigenvalue weighted by Gasteiger charge is 2.18. The van der Waals surface area contributed by atoms with Crippen molar-refractivity contribution >= 4 is 11.6 Å². The van der Waals surface area contributed by atoms with E-state index in [0.717, 1.165) is 0 Å². The fourth-order valence-electron chi connectivity index (χ4n) is 2.62. The second-order valence-electron chi connectivity index (χ2n) is 6.60. The maximum atomic E-state index is 13.5. The molecule has 0 saturated heterocycles. The van der Waals surface area contributed by atoms with E-state index >= 15 is 0 Å². The van der Waals surface area contributed by atoms with Gasteiger partial charge >= 0.3 is 0 Å². The quantitative estimate of drug-likeness (QED) is 0.642. The molecule has 0 saturated carbocycles. The third-order valence-corrected chi connectivity index (χ3v) is 3.87. The largest absolute Gasteiger partial charge is 0.298 e. The first-order valence-corrected chi connectivity index (χ1v) is 8.59. The van der Waals surface area contributed by atoms with Crippen molar-refractivity contribution in [2.75, 3.05) is 5.43 Å². The van der Waals surface area contributed by atoms with E-state index in [9.17, 15) is 13.6 Å². The zero-order chi connectivity index (χ0) is 19.4. The SMILES string of the molecule is CC(C)Cc1nn(-c2cccc(F)c2)cc1C(=O)NNc1ccc(F)cc1. The van der Waals surface area contributed by atoms with Crippen molar-refractivity contribution in [1.82, 2.24) is 15.2 Å². The average Bonchev–Trinajstić information content (AvgIpc) is 3.04. The van der Waals surface area contributed by atoms with Gasteiger partial charge in [-0.1, -0.05) is 19.9 Å². The minimum atomic E-state index is -0.377. The third-order valence-electron chi connectivity index (χ3n) is 3.87. The van der Waals surface area contributed by atoms with Gasteiger partial charge in [0, 0.05) is 6.20 Å². The smallest absolute Gasteiger partial charge is 0.273 e. The van der Waals surface area contributed by atoms with Gasteiger partial charge in [0.15, 0.2) is 0 Å². The van der Waals surface area contributed by atoms with Crippen LogP contribution in [0.25, 0.3) is 5.69 Å². The van der Waals surface area contributed by atoms with Gasteiger partial charge in [-0.25, -0.2) is 13.5 Å². The second kappa shape index (κ2) is 7.99. The molecule has 140 valence electrons. The van der Waals surface area contributed by atoms with Gasteiger partial charge in [-0.2, -0.15) is 5.10 Å². The molecule has 0 radical (unpaired) electrons. The maximum Gasteiger partial charge on any atom is 0.273 e. The molecule has 7 heteroatoms. The molecular weight excluding hydrogens is 350 g/mol. The number of hydrazine groups is 1. The van der Waals surface area contributed by atoms with Crippen LogP contribution in [0.5, 0.6) is 0 Å². The summed E-state index contributed by atoms with van der Waals surface area (Å²) in [5, 5.41) is 4.46. The number of nitrogens with one attached hydrogen (secondary N) is 2. The Morgan fingerprint density at radius 1 is 1.11 bits per heavy atom. The first-order chi connectivity index (χ1) is 12.9. The van der Waals surface area contributed by atoms with E-state index in [1.165, 1.54) is 41.1 Å². The molecule has 0 atom stereocenters. The highest BCUT2D eigenvalue weighted by atomic mass is 19.1. The van der Waals surface area contributed by atoms with E-state index in [0.29, 0.717) is 29.1 Å². The number of carbonyl (C=O) groups is 1. The summed E-state index contributed by atoms with van der Waals surface area (Å²) in [6.45, 7) is 4.05. The Bertz CT molecular complexity index is 935. The fraction of sp³-hybridized carbons (Fsp3) is 0.200. The molecule has 1 aromatic heterocycles. The van der Waals surface area contributed by atoms with Crippen molar-refractivity contribution in [2.45, 2.75) is 20.3 Å². The molecule has 2 aromatic carbocycles. The van der Waals surface area contributed by atoms with Gasteiger partial charge in [-0.3, -0.25) is 15.6 Å². The third kappa shape index (κ3) is 4.69. The number of amides is 1. The van der Waals surface area contributed by atoms with Crippen molar-refractivity contribution in [3.8, 4) is 5.69 Å². The summed E-state index contributed by atoms with van der Waals surface area (Å²) in [4.78, 5) is 12.6. The van der Waals surface area contributed by atoms with Crippen LogP contribution in [0, 0.1) is 17.6 Å². The van der Waals surface area contributed by atoms with E-state index in [4.69, 9.17) is 0 Å². The Labute approximate surface area is 156 Å². The molecule has 0 aliphatic rings. The van der Waals surface area contributed by atoms with Crippen LogP contribution in [0.15, 0.2) is 54.7 Å². The highest BCUT2D eigenvalue weighted by molar-refractivity contribution is 5.95. The number of aromatic nitrogens is 2. The molecule has 1 heterocycles. The van der Waals surface area contributed by atoms with Crippen LogP contribution in [0.4, 0.5) is 14.5 Å². The van der Waals surface area contributed by atoms with Crippen LogP contribution in [-0.2, 0) is 6.42 Å². The number of hydrogen-bond acceptors (Lipinski definition) is 3. The number of hydrogen-bond donors (Lipinski definition) is 2. The van der Waals surface area contributed by atoms with Crippen molar-refractivity contribution in [1.29, 1.82) is 0 Å². The molecule has 1 amide bonds. The van der Waals surface area contributed by atoms with Gasteiger partial charge in [-0.05, 0) is 54.8 Å². The zero-order valence-electron chi connectivity index (χ0n) is 15.0. The van der Waals surface area contributed by atoms with E-state index in [2.05, 4.69) is 16.0 Å². The minimum Gasteiger partial charge on any atom is -0.298 e. The lowest BCUT2D eigenvalue weighted by Gasteiger charge is -2.09. The summed E-state index contributed by atoms with van der Waals surface area (Å²) in [6.07, 6.45) is 2.18. The first kappa shape index (κ1) is 18.6. The Morgan fingerprint density at radius 2 is 1.85 bits per heavy atom.